The van der Waals surface area contributed by atoms with Gasteiger partial charge in [-0.15, -0.1) is 0 Å². The summed E-state index contributed by atoms with van der Waals surface area (Å²) in [6, 6.07) is 15.3. The summed E-state index contributed by atoms with van der Waals surface area (Å²) >= 11 is 6.45. The number of thiocarbonyl (C=S) groups is 1. The third-order valence-electron chi connectivity index (χ3n) is 4.03. The molecule has 28 heavy (non-hydrogen) atoms. The van der Waals surface area contributed by atoms with E-state index in [9.17, 15) is 4.79 Å². The Bertz CT molecular complexity index is 883. The van der Waals surface area contributed by atoms with Crippen molar-refractivity contribution < 1.29 is 19.0 Å². The summed E-state index contributed by atoms with van der Waals surface area (Å²) in [6.07, 6.45) is 2.56. The van der Waals surface area contributed by atoms with E-state index in [2.05, 4.69) is 0 Å². The molecule has 0 bridgehead atoms. The molecule has 0 atom stereocenters. The Morgan fingerprint density at radius 1 is 1.07 bits per heavy atom. The maximum Gasteiger partial charge on any atom is 0.265 e. The predicted molar refractivity (Wildman–Crippen MR) is 116 cm³/mol. The van der Waals surface area contributed by atoms with Crippen molar-refractivity contribution in [3.05, 3.63) is 59.0 Å². The lowest BCUT2D eigenvalue weighted by Gasteiger charge is -2.12. The second-order valence-electron chi connectivity index (χ2n) is 6.01. The molecule has 0 aromatic heterocycles. The van der Waals surface area contributed by atoms with E-state index >= 15 is 0 Å². The van der Waals surface area contributed by atoms with Crippen LogP contribution in [-0.4, -0.2) is 42.5 Å². The number of thioether (sulfide) groups is 1. The zero-order valence-electron chi connectivity index (χ0n) is 15.7. The lowest BCUT2D eigenvalue weighted by atomic mass is 10.2. The van der Waals surface area contributed by atoms with Crippen molar-refractivity contribution in [2.75, 3.05) is 27.4 Å². The normalized spacial score (nSPS) is 15.2. The van der Waals surface area contributed by atoms with Gasteiger partial charge < -0.3 is 14.2 Å². The predicted octanol–water partition coefficient (Wildman–Crippen LogP) is 4.37. The van der Waals surface area contributed by atoms with Crippen molar-refractivity contribution in [3.8, 4) is 17.2 Å². The Morgan fingerprint density at radius 3 is 2.50 bits per heavy atom. The number of benzene rings is 2. The molecule has 0 saturated carbocycles. The number of hydrogen-bond acceptors (Lipinski definition) is 6. The summed E-state index contributed by atoms with van der Waals surface area (Å²) in [5.41, 5.74) is 0.852. The minimum atomic E-state index is -0.0901. The number of para-hydroxylation sites is 1. The van der Waals surface area contributed by atoms with E-state index in [4.69, 9.17) is 26.4 Å². The maximum absolute atomic E-state index is 12.1. The number of nitrogens with zero attached hydrogens (tertiary/aromatic N) is 1. The Hall–Kier alpha value is -2.51. The third-order valence-corrected chi connectivity index (χ3v) is 5.51. The molecule has 1 heterocycles. The molecule has 2 aromatic carbocycles. The van der Waals surface area contributed by atoms with E-state index in [-0.39, 0.29) is 5.91 Å². The average molecular weight is 416 g/mol. The Kier molecular flexibility index (Phi) is 6.95. The van der Waals surface area contributed by atoms with E-state index in [1.165, 1.54) is 16.7 Å². The molecular formula is C21H21NO4S2. The number of rotatable bonds is 8. The van der Waals surface area contributed by atoms with Crippen molar-refractivity contribution in [1.29, 1.82) is 0 Å². The molecule has 1 aliphatic rings. The van der Waals surface area contributed by atoms with Crippen LogP contribution >= 0.6 is 24.0 Å². The minimum absolute atomic E-state index is 0.0901. The average Bonchev–Trinajstić information content (AvgIpc) is 2.96. The van der Waals surface area contributed by atoms with Crippen LogP contribution in [0.15, 0.2) is 53.4 Å². The number of amides is 1. The van der Waals surface area contributed by atoms with E-state index < -0.39 is 0 Å². The van der Waals surface area contributed by atoms with Gasteiger partial charge in [-0.2, -0.15) is 0 Å². The largest absolute Gasteiger partial charge is 0.493 e. The molecule has 1 fully saturated rings. The molecule has 2 aromatic rings. The van der Waals surface area contributed by atoms with Gasteiger partial charge in [-0.1, -0.05) is 48.2 Å². The molecule has 1 saturated heterocycles. The molecule has 1 amide bonds. The lowest BCUT2D eigenvalue weighted by molar-refractivity contribution is -0.121. The number of carbonyl (C=O) groups excluding carboxylic acids is 1. The van der Waals surface area contributed by atoms with Gasteiger partial charge in [0.05, 0.1) is 25.2 Å². The maximum atomic E-state index is 12.1. The van der Waals surface area contributed by atoms with E-state index in [0.29, 0.717) is 33.9 Å². The summed E-state index contributed by atoms with van der Waals surface area (Å²) in [4.78, 5) is 14.2. The van der Waals surface area contributed by atoms with Crippen LogP contribution in [0.1, 0.15) is 12.0 Å². The van der Waals surface area contributed by atoms with Crippen LogP contribution < -0.4 is 14.2 Å². The first-order chi connectivity index (χ1) is 13.6. The van der Waals surface area contributed by atoms with Gasteiger partial charge in [0.25, 0.3) is 5.91 Å². The zero-order chi connectivity index (χ0) is 19.9. The summed E-state index contributed by atoms with van der Waals surface area (Å²) in [5.74, 6) is 2.03. The molecule has 146 valence electrons. The van der Waals surface area contributed by atoms with Crippen LogP contribution in [0, 0.1) is 0 Å². The van der Waals surface area contributed by atoms with E-state index in [1.54, 1.807) is 14.2 Å². The van der Waals surface area contributed by atoms with Gasteiger partial charge in [0.15, 0.2) is 11.5 Å². The Labute approximate surface area is 174 Å². The van der Waals surface area contributed by atoms with Gasteiger partial charge in [-0.25, -0.2) is 0 Å². The fourth-order valence-corrected chi connectivity index (χ4v) is 3.72. The summed E-state index contributed by atoms with van der Waals surface area (Å²) < 4.78 is 17.5. The molecular weight excluding hydrogens is 394 g/mol. The second-order valence-corrected chi connectivity index (χ2v) is 7.69. The van der Waals surface area contributed by atoms with Crippen molar-refractivity contribution in [1.82, 2.24) is 4.90 Å². The van der Waals surface area contributed by atoms with E-state index in [1.807, 2.05) is 54.6 Å². The van der Waals surface area contributed by atoms with Gasteiger partial charge in [0, 0.05) is 13.5 Å². The van der Waals surface area contributed by atoms with Gasteiger partial charge in [-0.3, -0.25) is 9.69 Å². The molecule has 1 aliphatic heterocycles. The quantitative estimate of drug-likeness (QED) is 0.362. The fraction of sp³-hybridized carbons (Fsp3) is 0.238. The molecule has 0 unspecified atom stereocenters. The van der Waals surface area contributed by atoms with Crippen LogP contribution in [0.2, 0.25) is 0 Å². The molecule has 0 spiro atoms. The molecule has 0 N–H and O–H groups in total. The van der Waals surface area contributed by atoms with Crippen LogP contribution in [-0.2, 0) is 4.79 Å². The highest BCUT2D eigenvalue weighted by molar-refractivity contribution is 8.26. The summed E-state index contributed by atoms with van der Waals surface area (Å²) in [7, 11) is 3.27. The SMILES string of the molecule is COc1cc(C=C2SC(=S)N(C)C2=O)ccc1OCCCOc1ccccc1. The highest BCUT2D eigenvalue weighted by Gasteiger charge is 2.28. The Balaban J connectivity index is 1.56. The van der Waals surface area contributed by atoms with Crippen LogP contribution in [0.5, 0.6) is 17.2 Å². The highest BCUT2D eigenvalue weighted by Crippen LogP contribution is 2.34. The third kappa shape index (κ3) is 5.05. The number of carbonyl (C=O) groups is 1. The molecule has 0 radical (unpaired) electrons. The number of methoxy groups -OCH3 is 1. The highest BCUT2D eigenvalue weighted by atomic mass is 32.2. The molecule has 0 aliphatic carbocycles. The monoisotopic (exact) mass is 415 g/mol. The Morgan fingerprint density at radius 2 is 1.82 bits per heavy atom. The first-order valence-corrected chi connectivity index (χ1v) is 10.0. The molecule has 7 heteroatoms. The molecule has 5 nitrogen and oxygen atoms in total. The van der Waals surface area contributed by atoms with Crippen molar-refractivity contribution in [3.63, 3.8) is 0 Å². The van der Waals surface area contributed by atoms with Gasteiger partial charge in [0.2, 0.25) is 0 Å². The summed E-state index contributed by atoms with van der Waals surface area (Å²) in [6.45, 7) is 1.08. The van der Waals surface area contributed by atoms with Gasteiger partial charge in [0.1, 0.15) is 10.1 Å². The van der Waals surface area contributed by atoms with Gasteiger partial charge >= 0.3 is 0 Å². The van der Waals surface area contributed by atoms with Crippen molar-refractivity contribution in [2.24, 2.45) is 0 Å². The lowest BCUT2D eigenvalue weighted by Crippen LogP contribution is -2.22. The first kappa shape index (κ1) is 20.2. The second kappa shape index (κ2) is 9.61. The minimum Gasteiger partial charge on any atom is -0.493 e. The number of hydrogen-bond donors (Lipinski definition) is 0. The first-order valence-electron chi connectivity index (χ1n) is 8.78. The van der Waals surface area contributed by atoms with Crippen LogP contribution in [0.4, 0.5) is 0 Å². The zero-order valence-corrected chi connectivity index (χ0v) is 17.3. The van der Waals surface area contributed by atoms with Gasteiger partial charge in [-0.05, 0) is 35.9 Å². The van der Waals surface area contributed by atoms with E-state index in [0.717, 1.165) is 17.7 Å². The fourth-order valence-electron chi connectivity index (χ4n) is 2.54. The van der Waals surface area contributed by atoms with Crippen LogP contribution in [0.25, 0.3) is 6.08 Å². The number of ether oxygens (including phenoxy) is 3. The summed E-state index contributed by atoms with van der Waals surface area (Å²) in [5, 5.41) is 0. The smallest absolute Gasteiger partial charge is 0.265 e. The number of likely N-dealkylation sites (N-methyl/N-ethyl adjacent to an activating group) is 1. The van der Waals surface area contributed by atoms with Crippen molar-refractivity contribution in [2.45, 2.75) is 6.42 Å². The molecule has 3 rings (SSSR count). The van der Waals surface area contributed by atoms with Crippen molar-refractivity contribution >= 4 is 40.3 Å². The van der Waals surface area contributed by atoms with Crippen LogP contribution in [0.3, 0.4) is 0 Å². The standard InChI is InChI=1S/C21H21NO4S2/c1-22-20(23)19(28-21(22)27)14-15-9-10-17(18(13-15)24-2)26-12-6-11-25-16-7-4-3-5-8-16/h3-5,7-10,13-14H,6,11-12H2,1-2H3. The topological polar surface area (TPSA) is 48.0 Å².